The number of nitrogens with zero attached hydrogens (tertiary/aromatic N) is 2. The Morgan fingerprint density at radius 3 is 2.88 bits per heavy atom. The maximum absolute atomic E-state index is 5.47. The molecular formula is C20H18N2O2. The van der Waals surface area contributed by atoms with Crippen LogP contribution in [0.3, 0.4) is 0 Å². The molecule has 0 saturated carbocycles. The zero-order chi connectivity index (χ0) is 16.4. The number of ether oxygens (including phenoxy) is 1. The van der Waals surface area contributed by atoms with E-state index in [0.717, 1.165) is 33.4 Å². The van der Waals surface area contributed by atoms with Crippen molar-refractivity contribution >= 4 is 11.0 Å². The molecule has 0 atom stereocenters. The van der Waals surface area contributed by atoms with Crippen molar-refractivity contribution in [1.29, 1.82) is 0 Å². The van der Waals surface area contributed by atoms with Gasteiger partial charge in [-0.15, -0.1) is 0 Å². The van der Waals surface area contributed by atoms with Crippen LogP contribution in [0.15, 0.2) is 71.8 Å². The lowest BCUT2D eigenvalue weighted by atomic mass is 10.1. The minimum absolute atomic E-state index is 0.620. The molecule has 0 spiro atoms. The van der Waals surface area contributed by atoms with Gasteiger partial charge in [0, 0.05) is 17.9 Å². The molecule has 0 aliphatic carbocycles. The summed E-state index contributed by atoms with van der Waals surface area (Å²) in [5, 5.41) is 0. The van der Waals surface area contributed by atoms with Gasteiger partial charge in [0.25, 0.3) is 0 Å². The predicted octanol–water partition coefficient (Wildman–Crippen LogP) is 4.82. The third-order valence-corrected chi connectivity index (χ3v) is 4.06. The van der Waals surface area contributed by atoms with Crippen molar-refractivity contribution in [3.8, 4) is 16.8 Å². The Bertz CT molecular complexity index is 955. The Balaban J connectivity index is 1.73. The van der Waals surface area contributed by atoms with Gasteiger partial charge in [-0.1, -0.05) is 18.2 Å². The second-order valence-electron chi connectivity index (χ2n) is 5.64. The molecule has 0 N–H and O–H groups in total. The monoisotopic (exact) mass is 318 g/mol. The van der Waals surface area contributed by atoms with Gasteiger partial charge in [0.1, 0.15) is 6.33 Å². The van der Waals surface area contributed by atoms with Crippen LogP contribution >= 0.6 is 0 Å². The fourth-order valence-corrected chi connectivity index (χ4v) is 2.84. The number of imidazole rings is 1. The van der Waals surface area contributed by atoms with Gasteiger partial charge in [0.2, 0.25) is 0 Å². The van der Waals surface area contributed by atoms with Crippen LogP contribution in [0.4, 0.5) is 0 Å². The Labute approximate surface area is 140 Å². The number of aromatic nitrogens is 2. The summed E-state index contributed by atoms with van der Waals surface area (Å²) in [6.07, 6.45) is 5.31. The van der Waals surface area contributed by atoms with Crippen LogP contribution in [0.1, 0.15) is 12.5 Å². The van der Waals surface area contributed by atoms with Crippen LogP contribution in [0.25, 0.3) is 27.8 Å². The second-order valence-corrected chi connectivity index (χ2v) is 5.64. The molecule has 0 radical (unpaired) electrons. The summed E-state index contributed by atoms with van der Waals surface area (Å²) < 4.78 is 12.8. The molecule has 4 rings (SSSR count). The fraction of sp³-hybridized carbons (Fsp3) is 0.150. The zero-order valence-corrected chi connectivity index (χ0v) is 13.5. The molecule has 2 heterocycles. The molecule has 4 heteroatoms. The van der Waals surface area contributed by atoms with Gasteiger partial charge >= 0.3 is 0 Å². The highest BCUT2D eigenvalue weighted by atomic mass is 16.5. The maximum Gasteiger partial charge on any atom is 0.100 e. The van der Waals surface area contributed by atoms with Crippen LogP contribution in [0.5, 0.6) is 0 Å². The van der Waals surface area contributed by atoms with Crippen LogP contribution < -0.4 is 0 Å². The van der Waals surface area contributed by atoms with Crippen molar-refractivity contribution in [2.45, 2.75) is 13.5 Å². The van der Waals surface area contributed by atoms with Crippen LogP contribution in [-0.2, 0) is 11.3 Å². The van der Waals surface area contributed by atoms with Gasteiger partial charge in [0.05, 0.1) is 30.2 Å². The predicted molar refractivity (Wildman–Crippen MR) is 94.1 cm³/mol. The number of benzene rings is 2. The van der Waals surface area contributed by atoms with Crippen molar-refractivity contribution in [1.82, 2.24) is 9.55 Å². The largest absolute Gasteiger partial charge is 0.472 e. The molecule has 0 fully saturated rings. The SMILES string of the molecule is CCOCc1ccc2c(c1)ncn2-c1cccc(-c2ccoc2)c1. The topological polar surface area (TPSA) is 40.2 Å². The van der Waals surface area contributed by atoms with Crippen molar-refractivity contribution in [3.63, 3.8) is 0 Å². The highest BCUT2D eigenvalue weighted by molar-refractivity contribution is 5.78. The standard InChI is InChI=1S/C20H18N2O2/c1-2-23-12-15-6-7-20-19(10-15)21-14-22(20)18-5-3-4-16(11-18)17-8-9-24-13-17/h3-11,13-14H,2,12H2,1H3. The van der Waals surface area contributed by atoms with Gasteiger partial charge in [-0.05, 0) is 48.4 Å². The lowest BCUT2D eigenvalue weighted by Crippen LogP contribution is -1.94. The maximum atomic E-state index is 5.47. The normalized spacial score (nSPS) is 11.2. The highest BCUT2D eigenvalue weighted by Gasteiger charge is 2.07. The first kappa shape index (κ1) is 14.7. The lowest BCUT2D eigenvalue weighted by molar-refractivity contribution is 0.134. The molecule has 0 aliphatic heterocycles. The third kappa shape index (κ3) is 2.72. The van der Waals surface area contributed by atoms with E-state index < -0.39 is 0 Å². The number of hydrogen-bond acceptors (Lipinski definition) is 3. The van der Waals surface area contributed by atoms with Crippen LogP contribution in [0, 0.1) is 0 Å². The van der Waals surface area contributed by atoms with E-state index in [1.807, 2.05) is 25.4 Å². The Kier molecular flexibility index (Phi) is 3.89. The fourth-order valence-electron chi connectivity index (χ4n) is 2.84. The van der Waals surface area contributed by atoms with Gasteiger partial charge in [-0.2, -0.15) is 0 Å². The average molecular weight is 318 g/mol. The van der Waals surface area contributed by atoms with Crippen molar-refractivity contribution < 1.29 is 9.15 Å². The summed E-state index contributed by atoms with van der Waals surface area (Å²) in [6.45, 7) is 3.34. The molecule has 2 aromatic carbocycles. The molecule has 0 saturated heterocycles. The smallest absolute Gasteiger partial charge is 0.100 e. The van der Waals surface area contributed by atoms with Crippen LogP contribution in [-0.4, -0.2) is 16.2 Å². The van der Waals surface area contributed by atoms with Gasteiger partial charge < -0.3 is 9.15 Å². The van der Waals surface area contributed by atoms with Gasteiger partial charge in [-0.3, -0.25) is 4.57 Å². The molecular weight excluding hydrogens is 300 g/mol. The molecule has 24 heavy (non-hydrogen) atoms. The van der Waals surface area contributed by atoms with E-state index in [1.54, 1.807) is 12.5 Å². The van der Waals surface area contributed by atoms with Gasteiger partial charge in [0.15, 0.2) is 0 Å². The molecule has 0 unspecified atom stereocenters. The Hall–Kier alpha value is -2.85. The first-order valence-corrected chi connectivity index (χ1v) is 8.02. The molecule has 0 amide bonds. The second kappa shape index (κ2) is 6.34. The highest BCUT2D eigenvalue weighted by Crippen LogP contribution is 2.25. The third-order valence-electron chi connectivity index (χ3n) is 4.06. The van der Waals surface area contributed by atoms with E-state index >= 15 is 0 Å². The summed E-state index contributed by atoms with van der Waals surface area (Å²) in [4.78, 5) is 4.55. The first-order valence-electron chi connectivity index (χ1n) is 8.02. The van der Waals surface area contributed by atoms with E-state index in [-0.39, 0.29) is 0 Å². The molecule has 2 aromatic heterocycles. The van der Waals surface area contributed by atoms with E-state index in [4.69, 9.17) is 9.15 Å². The van der Waals surface area contributed by atoms with E-state index in [0.29, 0.717) is 13.2 Å². The molecule has 120 valence electrons. The minimum Gasteiger partial charge on any atom is -0.472 e. The van der Waals surface area contributed by atoms with E-state index in [2.05, 4.69) is 45.9 Å². The van der Waals surface area contributed by atoms with Crippen molar-refractivity contribution in [2.75, 3.05) is 6.61 Å². The summed E-state index contributed by atoms with van der Waals surface area (Å²) >= 11 is 0. The summed E-state index contributed by atoms with van der Waals surface area (Å²) in [7, 11) is 0. The molecule has 0 aliphatic rings. The van der Waals surface area contributed by atoms with E-state index in [1.165, 1.54) is 0 Å². The quantitative estimate of drug-likeness (QED) is 0.529. The van der Waals surface area contributed by atoms with Gasteiger partial charge in [-0.25, -0.2) is 4.98 Å². The first-order chi connectivity index (χ1) is 11.8. The van der Waals surface area contributed by atoms with Crippen molar-refractivity contribution in [2.24, 2.45) is 0 Å². The number of fused-ring (bicyclic) bond motifs is 1. The minimum atomic E-state index is 0.620. The lowest BCUT2D eigenvalue weighted by Gasteiger charge is -2.07. The summed E-state index contributed by atoms with van der Waals surface area (Å²) in [5.41, 5.74) is 6.47. The summed E-state index contributed by atoms with van der Waals surface area (Å²) in [6, 6.07) is 16.6. The Morgan fingerprint density at radius 1 is 1.08 bits per heavy atom. The molecule has 0 bridgehead atoms. The number of furan rings is 1. The zero-order valence-electron chi connectivity index (χ0n) is 13.5. The number of rotatable bonds is 5. The summed E-state index contributed by atoms with van der Waals surface area (Å²) in [5.74, 6) is 0. The van der Waals surface area contributed by atoms with E-state index in [9.17, 15) is 0 Å². The average Bonchev–Trinajstić information content (AvgIpc) is 3.29. The molecule has 4 nitrogen and oxygen atoms in total. The molecule has 4 aromatic rings. The Morgan fingerprint density at radius 2 is 2.04 bits per heavy atom. The van der Waals surface area contributed by atoms with Crippen molar-refractivity contribution in [3.05, 3.63) is 72.9 Å². The van der Waals surface area contributed by atoms with Crippen LogP contribution in [0.2, 0.25) is 0 Å². The number of hydrogen-bond donors (Lipinski definition) is 0.